The standard InChI is InChI=1S/C24H25N3O4/c1-16(2)22(27-24(30)26-19-10-4-3-5-11-19)23(29)31-15-21(28)25-20-13-12-17-8-6-7-9-18(17)14-20/h3-14,16,22H,15H2,1-2H3,(H,25,28)(H2,26,27,30)/t22-/m0/s1. The maximum absolute atomic E-state index is 12.5. The van der Waals surface area contributed by atoms with Gasteiger partial charge < -0.3 is 20.7 Å². The number of benzene rings is 3. The van der Waals surface area contributed by atoms with Crippen molar-refractivity contribution in [3.05, 3.63) is 72.8 Å². The van der Waals surface area contributed by atoms with Crippen LogP contribution in [0.15, 0.2) is 72.8 Å². The number of carbonyl (C=O) groups is 3. The number of para-hydroxylation sites is 1. The molecular formula is C24H25N3O4. The average molecular weight is 419 g/mol. The molecule has 0 aliphatic rings. The van der Waals surface area contributed by atoms with Crippen molar-refractivity contribution in [1.29, 1.82) is 0 Å². The second kappa shape index (κ2) is 10.2. The number of amides is 3. The zero-order valence-corrected chi connectivity index (χ0v) is 17.4. The third-order valence-corrected chi connectivity index (χ3v) is 4.62. The second-order valence-corrected chi connectivity index (χ2v) is 7.40. The van der Waals surface area contributed by atoms with Crippen molar-refractivity contribution >= 4 is 40.1 Å². The number of esters is 1. The summed E-state index contributed by atoms with van der Waals surface area (Å²) in [5.41, 5.74) is 1.21. The Labute approximate surface area is 180 Å². The zero-order chi connectivity index (χ0) is 22.2. The minimum absolute atomic E-state index is 0.224. The normalized spacial score (nSPS) is 11.6. The van der Waals surface area contributed by atoms with Gasteiger partial charge in [0.15, 0.2) is 6.61 Å². The first kappa shape index (κ1) is 21.8. The van der Waals surface area contributed by atoms with Crippen molar-refractivity contribution in [2.45, 2.75) is 19.9 Å². The summed E-state index contributed by atoms with van der Waals surface area (Å²) in [6.45, 7) is 3.12. The van der Waals surface area contributed by atoms with E-state index in [1.807, 2.05) is 42.5 Å². The molecule has 3 rings (SSSR count). The Bertz CT molecular complexity index is 1070. The maximum atomic E-state index is 12.5. The van der Waals surface area contributed by atoms with Crippen molar-refractivity contribution < 1.29 is 19.1 Å². The van der Waals surface area contributed by atoms with E-state index in [0.29, 0.717) is 11.4 Å². The molecule has 0 radical (unpaired) electrons. The number of hydrogen-bond acceptors (Lipinski definition) is 4. The lowest BCUT2D eigenvalue weighted by atomic mass is 10.1. The fourth-order valence-corrected chi connectivity index (χ4v) is 3.02. The van der Waals surface area contributed by atoms with Gasteiger partial charge in [-0.05, 0) is 41.0 Å². The second-order valence-electron chi connectivity index (χ2n) is 7.40. The molecule has 3 amide bonds. The van der Waals surface area contributed by atoms with Crippen LogP contribution in [-0.2, 0) is 14.3 Å². The largest absolute Gasteiger partial charge is 0.454 e. The Morgan fingerprint density at radius 3 is 2.19 bits per heavy atom. The monoisotopic (exact) mass is 419 g/mol. The Balaban J connectivity index is 1.52. The lowest BCUT2D eigenvalue weighted by molar-refractivity contribution is -0.150. The summed E-state index contributed by atoms with van der Waals surface area (Å²) in [5, 5.41) is 10.0. The van der Waals surface area contributed by atoms with Crippen LogP contribution in [0.25, 0.3) is 10.8 Å². The molecule has 3 aromatic rings. The van der Waals surface area contributed by atoms with Gasteiger partial charge in [-0.3, -0.25) is 4.79 Å². The third kappa shape index (κ3) is 6.30. The smallest absolute Gasteiger partial charge is 0.329 e. The van der Waals surface area contributed by atoms with Crippen LogP contribution in [0.5, 0.6) is 0 Å². The number of rotatable bonds is 7. The summed E-state index contributed by atoms with van der Waals surface area (Å²) in [5.74, 6) is -1.36. The first-order valence-corrected chi connectivity index (χ1v) is 10.0. The highest BCUT2D eigenvalue weighted by Gasteiger charge is 2.26. The van der Waals surface area contributed by atoms with Crippen molar-refractivity contribution in [1.82, 2.24) is 5.32 Å². The molecule has 31 heavy (non-hydrogen) atoms. The summed E-state index contributed by atoms with van der Waals surface area (Å²) in [6, 6.07) is 20.8. The van der Waals surface area contributed by atoms with Gasteiger partial charge in [0, 0.05) is 11.4 Å². The predicted molar refractivity (Wildman–Crippen MR) is 121 cm³/mol. The summed E-state index contributed by atoms with van der Waals surface area (Å²) >= 11 is 0. The van der Waals surface area contributed by atoms with Crippen LogP contribution < -0.4 is 16.0 Å². The van der Waals surface area contributed by atoms with E-state index in [-0.39, 0.29) is 5.92 Å². The van der Waals surface area contributed by atoms with E-state index in [9.17, 15) is 14.4 Å². The fraction of sp³-hybridized carbons (Fsp3) is 0.208. The number of hydrogen-bond donors (Lipinski definition) is 3. The SMILES string of the molecule is CC(C)[C@H](NC(=O)Nc1ccccc1)C(=O)OCC(=O)Nc1ccc2ccccc2c1. The molecule has 1 atom stereocenters. The molecule has 0 aliphatic heterocycles. The molecule has 0 saturated carbocycles. The van der Waals surface area contributed by atoms with Gasteiger partial charge in [-0.25, -0.2) is 9.59 Å². The minimum atomic E-state index is -0.891. The van der Waals surface area contributed by atoms with Gasteiger partial charge in [0.2, 0.25) is 0 Å². The number of carbonyl (C=O) groups excluding carboxylic acids is 3. The van der Waals surface area contributed by atoms with Gasteiger partial charge in [-0.15, -0.1) is 0 Å². The zero-order valence-electron chi connectivity index (χ0n) is 17.4. The molecule has 0 fully saturated rings. The van der Waals surface area contributed by atoms with Gasteiger partial charge in [-0.2, -0.15) is 0 Å². The number of urea groups is 1. The van der Waals surface area contributed by atoms with Crippen molar-refractivity contribution in [2.24, 2.45) is 5.92 Å². The highest BCUT2D eigenvalue weighted by atomic mass is 16.5. The molecule has 7 heteroatoms. The predicted octanol–water partition coefficient (Wildman–Crippen LogP) is 4.17. The van der Waals surface area contributed by atoms with Crippen molar-refractivity contribution in [3.63, 3.8) is 0 Å². The fourth-order valence-electron chi connectivity index (χ4n) is 3.02. The molecule has 0 saturated heterocycles. The van der Waals surface area contributed by atoms with Crippen LogP contribution >= 0.6 is 0 Å². The van der Waals surface area contributed by atoms with Crippen LogP contribution in [0.1, 0.15) is 13.8 Å². The molecule has 160 valence electrons. The van der Waals surface area contributed by atoms with E-state index in [4.69, 9.17) is 4.74 Å². The number of fused-ring (bicyclic) bond motifs is 1. The van der Waals surface area contributed by atoms with Crippen LogP contribution in [-0.4, -0.2) is 30.6 Å². The lowest BCUT2D eigenvalue weighted by Crippen LogP contribution is -2.47. The van der Waals surface area contributed by atoms with Gasteiger partial charge in [0.1, 0.15) is 6.04 Å². The highest BCUT2D eigenvalue weighted by molar-refractivity contribution is 5.96. The molecule has 7 nitrogen and oxygen atoms in total. The first-order chi connectivity index (χ1) is 14.9. The van der Waals surface area contributed by atoms with Gasteiger partial charge in [-0.1, -0.05) is 62.4 Å². The Morgan fingerprint density at radius 1 is 0.806 bits per heavy atom. The molecule has 3 N–H and O–H groups in total. The summed E-state index contributed by atoms with van der Waals surface area (Å²) in [4.78, 5) is 36.9. The van der Waals surface area contributed by atoms with Crippen LogP contribution in [0.2, 0.25) is 0 Å². The molecule has 0 spiro atoms. The summed E-state index contributed by atoms with van der Waals surface area (Å²) in [7, 11) is 0. The molecule has 0 aliphatic carbocycles. The van der Waals surface area contributed by atoms with Crippen molar-refractivity contribution in [3.8, 4) is 0 Å². The van der Waals surface area contributed by atoms with Crippen molar-refractivity contribution in [2.75, 3.05) is 17.2 Å². The maximum Gasteiger partial charge on any atom is 0.329 e. The van der Waals surface area contributed by atoms with E-state index in [2.05, 4.69) is 16.0 Å². The van der Waals surface area contributed by atoms with Crippen LogP contribution in [0.3, 0.4) is 0 Å². The van der Waals surface area contributed by atoms with E-state index in [1.54, 1.807) is 44.2 Å². The number of nitrogens with one attached hydrogen (secondary N) is 3. The van der Waals surface area contributed by atoms with Gasteiger partial charge in [0.05, 0.1) is 0 Å². The molecular weight excluding hydrogens is 394 g/mol. The summed E-state index contributed by atoms with van der Waals surface area (Å²) < 4.78 is 5.14. The number of anilines is 2. The Hall–Kier alpha value is -3.87. The summed E-state index contributed by atoms with van der Waals surface area (Å²) in [6.07, 6.45) is 0. The third-order valence-electron chi connectivity index (χ3n) is 4.62. The van der Waals surface area contributed by atoms with E-state index >= 15 is 0 Å². The van der Waals surface area contributed by atoms with Gasteiger partial charge >= 0.3 is 12.0 Å². The highest BCUT2D eigenvalue weighted by Crippen LogP contribution is 2.18. The lowest BCUT2D eigenvalue weighted by Gasteiger charge is -2.21. The number of ether oxygens (including phenoxy) is 1. The Kier molecular flexibility index (Phi) is 7.22. The first-order valence-electron chi connectivity index (χ1n) is 10.0. The molecule has 0 aromatic heterocycles. The molecule has 3 aromatic carbocycles. The van der Waals surface area contributed by atoms with E-state index in [0.717, 1.165) is 10.8 Å². The average Bonchev–Trinajstić information content (AvgIpc) is 2.76. The molecule has 0 unspecified atom stereocenters. The molecule has 0 bridgehead atoms. The minimum Gasteiger partial charge on any atom is -0.454 e. The van der Waals surface area contributed by atoms with E-state index < -0.39 is 30.6 Å². The van der Waals surface area contributed by atoms with E-state index in [1.165, 1.54) is 0 Å². The topological polar surface area (TPSA) is 96.5 Å². The van der Waals surface area contributed by atoms with Crippen LogP contribution in [0, 0.1) is 5.92 Å². The molecule has 0 heterocycles. The quantitative estimate of drug-likeness (QED) is 0.501. The van der Waals surface area contributed by atoms with Gasteiger partial charge in [0.25, 0.3) is 5.91 Å². The van der Waals surface area contributed by atoms with Crippen LogP contribution in [0.4, 0.5) is 16.2 Å². The Morgan fingerprint density at radius 2 is 1.48 bits per heavy atom.